The van der Waals surface area contributed by atoms with Crippen LogP contribution >= 0.6 is 27.5 Å². The molecule has 10 heavy (non-hydrogen) atoms. The smallest absolute Gasteiger partial charge is 0.109 e. The number of hydrogen-bond acceptors (Lipinski definition) is 1. The third-order valence-corrected chi connectivity index (χ3v) is 2.49. The Balaban J connectivity index is 3.14. The topological polar surface area (TPSA) is 12.9 Å². The fraction of sp³-hybridized carbons (Fsp3) is 0.286. The van der Waals surface area contributed by atoms with Crippen LogP contribution in [0.15, 0.2) is 16.9 Å². The van der Waals surface area contributed by atoms with E-state index in [2.05, 4.69) is 20.9 Å². The minimum atomic E-state index is 0.549. The minimum Gasteiger partial charge on any atom is -0.249 e. The summed E-state index contributed by atoms with van der Waals surface area (Å²) in [4.78, 5) is 4.05. The van der Waals surface area contributed by atoms with Gasteiger partial charge < -0.3 is 0 Å². The predicted molar refractivity (Wildman–Crippen MR) is 46.2 cm³/mol. The van der Waals surface area contributed by atoms with Gasteiger partial charge in [-0.05, 0) is 40.0 Å². The molecule has 0 aliphatic carbocycles. The van der Waals surface area contributed by atoms with E-state index in [4.69, 9.17) is 11.6 Å². The highest BCUT2D eigenvalue weighted by Gasteiger charge is 1.99. The van der Waals surface area contributed by atoms with E-state index in [1.807, 2.05) is 13.0 Å². The highest BCUT2D eigenvalue weighted by atomic mass is 79.9. The van der Waals surface area contributed by atoms with Crippen molar-refractivity contribution < 1.29 is 0 Å². The summed E-state index contributed by atoms with van der Waals surface area (Å²) in [5.41, 5.74) is 2.25. The van der Waals surface area contributed by atoms with Gasteiger partial charge in [-0.15, -0.1) is 11.6 Å². The van der Waals surface area contributed by atoms with Crippen molar-refractivity contribution >= 4 is 27.5 Å². The Morgan fingerprint density at radius 1 is 1.70 bits per heavy atom. The van der Waals surface area contributed by atoms with Gasteiger partial charge >= 0.3 is 0 Å². The van der Waals surface area contributed by atoms with Crippen molar-refractivity contribution in [2.75, 3.05) is 0 Å². The molecule has 0 amide bonds. The fourth-order valence-electron chi connectivity index (χ4n) is 0.692. The molecule has 0 saturated heterocycles. The molecule has 3 heteroatoms. The average molecular weight is 220 g/mol. The van der Waals surface area contributed by atoms with Gasteiger partial charge in [0.1, 0.15) is 4.60 Å². The Kier molecular flexibility index (Phi) is 2.69. The summed E-state index contributed by atoms with van der Waals surface area (Å²) < 4.78 is 0.880. The third kappa shape index (κ3) is 1.50. The molecule has 0 aliphatic heterocycles. The summed E-state index contributed by atoms with van der Waals surface area (Å²) in [6.45, 7) is 1.99. The first-order valence-electron chi connectivity index (χ1n) is 2.91. The maximum absolute atomic E-state index is 5.66. The molecule has 0 N–H and O–H groups in total. The Bertz CT molecular complexity index is 237. The van der Waals surface area contributed by atoms with Gasteiger partial charge in [-0.1, -0.05) is 0 Å². The predicted octanol–water partition coefficient (Wildman–Crippen LogP) is 2.89. The van der Waals surface area contributed by atoms with Crippen molar-refractivity contribution in [2.24, 2.45) is 0 Å². The maximum atomic E-state index is 5.66. The van der Waals surface area contributed by atoms with Gasteiger partial charge in [0.25, 0.3) is 0 Å². The standard InChI is InChI=1S/C7H7BrClN/c1-5-6(4-9)2-3-10-7(5)8/h2-3H,4H2,1H3. The molecule has 0 radical (unpaired) electrons. The van der Waals surface area contributed by atoms with E-state index < -0.39 is 0 Å². The molecule has 0 aliphatic rings. The average Bonchev–Trinajstić information content (AvgIpc) is 1.95. The van der Waals surface area contributed by atoms with Crippen LogP contribution < -0.4 is 0 Å². The van der Waals surface area contributed by atoms with Crippen molar-refractivity contribution in [3.63, 3.8) is 0 Å². The van der Waals surface area contributed by atoms with Crippen molar-refractivity contribution in [1.29, 1.82) is 0 Å². The van der Waals surface area contributed by atoms with Gasteiger partial charge in [0.2, 0.25) is 0 Å². The van der Waals surface area contributed by atoms with Crippen LogP contribution in [0.2, 0.25) is 0 Å². The summed E-state index contributed by atoms with van der Waals surface area (Å²) in [6.07, 6.45) is 1.74. The van der Waals surface area contributed by atoms with Gasteiger partial charge in [-0.3, -0.25) is 0 Å². The van der Waals surface area contributed by atoms with Gasteiger partial charge in [-0.25, -0.2) is 4.98 Å². The quantitative estimate of drug-likeness (QED) is 0.524. The Morgan fingerprint density at radius 2 is 2.40 bits per heavy atom. The highest BCUT2D eigenvalue weighted by Crippen LogP contribution is 2.17. The summed E-state index contributed by atoms with van der Waals surface area (Å²) in [7, 11) is 0. The summed E-state index contributed by atoms with van der Waals surface area (Å²) in [5, 5.41) is 0. The van der Waals surface area contributed by atoms with Crippen molar-refractivity contribution in [3.05, 3.63) is 28.0 Å². The van der Waals surface area contributed by atoms with Gasteiger partial charge in [0.05, 0.1) is 0 Å². The lowest BCUT2D eigenvalue weighted by atomic mass is 10.2. The molecule has 0 bridgehead atoms. The van der Waals surface area contributed by atoms with Gasteiger partial charge in [-0.2, -0.15) is 0 Å². The Morgan fingerprint density at radius 3 is 2.90 bits per heavy atom. The maximum Gasteiger partial charge on any atom is 0.109 e. The van der Waals surface area contributed by atoms with E-state index in [0.29, 0.717) is 5.88 Å². The molecule has 0 unspecified atom stereocenters. The lowest BCUT2D eigenvalue weighted by molar-refractivity contribution is 1.16. The molecule has 1 nitrogen and oxygen atoms in total. The van der Waals surface area contributed by atoms with Crippen LogP contribution in [0.4, 0.5) is 0 Å². The SMILES string of the molecule is Cc1c(CCl)ccnc1Br. The molecule has 1 rings (SSSR count). The minimum absolute atomic E-state index is 0.549. The Hall–Kier alpha value is -0.0800. The molecule has 1 aromatic heterocycles. The second kappa shape index (κ2) is 3.35. The van der Waals surface area contributed by atoms with Crippen LogP contribution in [0.3, 0.4) is 0 Å². The molecule has 0 atom stereocenters. The van der Waals surface area contributed by atoms with Gasteiger partial charge in [0.15, 0.2) is 0 Å². The number of rotatable bonds is 1. The number of pyridine rings is 1. The number of hydrogen-bond donors (Lipinski definition) is 0. The van der Waals surface area contributed by atoms with E-state index in [0.717, 1.165) is 15.7 Å². The van der Waals surface area contributed by atoms with Crippen molar-refractivity contribution in [1.82, 2.24) is 4.98 Å². The summed E-state index contributed by atoms with van der Waals surface area (Å²) in [6, 6.07) is 1.92. The lowest BCUT2D eigenvalue weighted by Gasteiger charge is -2.00. The van der Waals surface area contributed by atoms with E-state index in [-0.39, 0.29) is 0 Å². The number of halogens is 2. The number of aromatic nitrogens is 1. The van der Waals surface area contributed by atoms with E-state index in [9.17, 15) is 0 Å². The van der Waals surface area contributed by atoms with Gasteiger partial charge in [0, 0.05) is 12.1 Å². The highest BCUT2D eigenvalue weighted by molar-refractivity contribution is 9.10. The summed E-state index contributed by atoms with van der Waals surface area (Å²) >= 11 is 8.97. The van der Waals surface area contributed by atoms with Crippen LogP contribution in [0.25, 0.3) is 0 Å². The van der Waals surface area contributed by atoms with Crippen LogP contribution in [0, 0.1) is 6.92 Å². The van der Waals surface area contributed by atoms with E-state index >= 15 is 0 Å². The zero-order valence-electron chi connectivity index (χ0n) is 5.56. The Labute approximate surface area is 73.6 Å². The third-order valence-electron chi connectivity index (χ3n) is 1.40. The number of alkyl halides is 1. The first kappa shape index (κ1) is 8.02. The zero-order valence-corrected chi connectivity index (χ0v) is 7.91. The molecule has 0 saturated carbocycles. The normalized spacial score (nSPS) is 9.90. The van der Waals surface area contributed by atoms with Crippen molar-refractivity contribution in [3.8, 4) is 0 Å². The fourth-order valence-corrected chi connectivity index (χ4v) is 1.35. The van der Waals surface area contributed by atoms with Crippen LogP contribution in [-0.2, 0) is 5.88 Å². The molecular formula is C7H7BrClN. The van der Waals surface area contributed by atoms with E-state index in [1.54, 1.807) is 6.20 Å². The molecule has 1 heterocycles. The first-order chi connectivity index (χ1) is 4.75. The second-order valence-electron chi connectivity index (χ2n) is 2.02. The van der Waals surface area contributed by atoms with Crippen LogP contribution in [0.5, 0.6) is 0 Å². The molecule has 54 valence electrons. The first-order valence-corrected chi connectivity index (χ1v) is 4.24. The number of nitrogens with zero attached hydrogens (tertiary/aromatic N) is 1. The zero-order chi connectivity index (χ0) is 7.56. The lowest BCUT2D eigenvalue weighted by Crippen LogP contribution is -1.87. The molecule has 0 spiro atoms. The largest absolute Gasteiger partial charge is 0.249 e. The summed E-state index contributed by atoms with van der Waals surface area (Å²) in [5.74, 6) is 0.549. The van der Waals surface area contributed by atoms with Crippen LogP contribution in [-0.4, -0.2) is 4.98 Å². The molecular weight excluding hydrogens is 213 g/mol. The van der Waals surface area contributed by atoms with Crippen molar-refractivity contribution in [2.45, 2.75) is 12.8 Å². The molecule has 0 fully saturated rings. The second-order valence-corrected chi connectivity index (χ2v) is 3.04. The van der Waals surface area contributed by atoms with Crippen LogP contribution in [0.1, 0.15) is 11.1 Å². The monoisotopic (exact) mass is 219 g/mol. The molecule has 1 aromatic rings. The molecule has 0 aromatic carbocycles. The van der Waals surface area contributed by atoms with E-state index in [1.165, 1.54) is 0 Å².